The van der Waals surface area contributed by atoms with Crippen molar-refractivity contribution in [3.63, 3.8) is 0 Å². The fourth-order valence-electron chi connectivity index (χ4n) is 1.56. The molecule has 1 aliphatic rings. The Labute approximate surface area is 93.9 Å². The molecule has 0 radical (unpaired) electrons. The summed E-state index contributed by atoms with van der Waals surface area (Å²) in [6, 6.07) is 2.45. The average molecular weight is 244 g/mol. The van der Waals surface area contributed by atoms with Crippen molar-refractivity contribution in [3.8, 4) is 0 Å². The Bertz CT molecular complexity index is 471. The molecule has 1 aliphatic carbocycles. The van der Waals surface area contributed by atoms with Crippen LogP contribution in [0.4, 0.5) is 4.39 Å². The number of aromatic nitrogens is 1. The van der Waals surface area contributed by atoms with Gasteiger partial charge in [0.1, 0.15) is 0 Å². The molecular weight excluding hydrogens is 231 g/mol. The number of nitrogens with one attached hydrogen (secondary N) is 1. The van der Waals surface area contributed by atoms with Crippen LogP contribution in [0.15, 0.2) is 23.4 Å². The fraction of sp³-hybridized carbons (Fsp3) is 0.500. The van der Waals surface area contributed by atoms with Crippen molar-refractivity contribution < 1.29 is 12.8 Å². The van der Waals surface area contributed by atoms with Gasteiger partial charge in [-0.1, -0.05) is 6.42 Å². The maximum absolute atomic E-state index is 13.2. The van der Waals surface area contributed by atoms with Gasteiger partial charge < -0.3 is 0 Å². The third kappa shape index (κ3) is 2.38. The molecule has 0 aliphatic heterocycles. The van der Waals surface area contributed by atoms with Gasteiger partial charge in [-0.15, -0.1) is 0 Å². The van der Waals surface area contributed by atoms with Gasteiger partial charge in [-0.05, 0) is 30.9 Å². The van der Waals surface area contributed by atoms with Gasteiger partial charge in [0.2, 0.25) is 5.03 Å². The molecule has 0 atom stereocenters. The van der Waals surface area contributed by atoms with Crippen LogP contribution in [0.3, 0.4) is 0 Å². The highest BCUT2D eigenvalue weighted by molar-refractivity contribution is 7.89. The lowest BCUT2D eigenvalue weighted by molar-refractivity contribution is 0.316. The molecule has 0 bridgehead atoms. The van der Waals surface area contributed by atoms with E-state index in [1.807, 2.05) is 0 Å². The first kappa shape index (κ1) is 11.5. The van der Waals surface area contributed by atoms with Crippen molar-refractivity contribution in [2.75, 3.05) is 6.54 Å². The van der Waals surface area contributed by atoms with Crippen LogP contribution in [0, 0.1) is 11.7 Å². The van der Waals surface area contributed by atoms with Crippen LogP contribution in [0.25, 0.3) is 0 Å². The van der Waals surface area contributed by atoms with Gasteiger partial charge in [-0.25, -0.2) is 22.5 Å². The summed E-state index contributed by atoms with van der Waals surface area (Å²) in [7, 11) is -3.80. The molecule has 4 nitrogen and oxygen atoms in total. The van der Waals surface area contributed by atoms with Crippen molar-refractivity contribution in [1.29, 1.82) is 0 Å². The largest absolute Gasteiger partial charge is 0.261 e. The summed E-state index contributed by atoms with van der Waals surface area (Å²) >= 11 is 0. The van der Waals surface area contributed by atoms with E-state index in [1.54, 1.807) is 0 Å². The van der Waals surface area contributed by atoms with Gasteiger partial charge in [0, 0.05) is 12.7 Å². The minimum atomic E-state index is -3.80. The summed E-state index contributed by atoms with van der Waals surface area (Å²) < 4.78 is 39.0. The van der Waals surface area contributed by atoms with Gasteiger partial charge in [-0.3, -0.25) is 0 Å². The summed E-state index contributed by atoms with van der Waals surface area (Å²) in [5.74, 6) is -0.426. The lowest BCUT2D eigenvalue weighted by atomic mass is 9.86. The van der Waals surface area contributed by atoms with E-state index in [1.165, 1.54) is 12.3 Å². The molecule has 0 saturated heterocycles. The second kappa shape index (κ2) is 4.47. The number of pyridine rings is 1. The molecule has 1 fully saturated rings. The predicted molar refractivity (Wildman–Crippen MR) is 56.7 cm³/mol. The quantitative estimate of drug-likeness (QED) is 0.868. The number of rotatable bonds is 4. The van der Waals surface area contributed by atoms with Crippen molar-refractivity contribution in [2.24, 2.45) is 5.92 Å². The Morgan fingerprint density at radius 3 is 2.81 bits per heavy atom. The maximum atomic E-state index is 13.2. The van der Waals surface area contributed by atoms with E-state index >= 15 is 0 Å². The van der Waals surface area contributed by atoms with E-state index < -0.39 is 20.9 Å². The van der Waals surface area contributed by atoms with Crippen LogP contribution in [-0.2, 0) is 10.0 Å². The Balaban J connectivity index is 2.09. The molecule has 1 N–H and O–H groups in total. The topological polar surface area (TPSA) is 59.1 Å². The lowest BCUT2D eigenvalue weighted by Gasteiger charge is -2.25. The van der Waals surface area contributed by atoms with Crippen molar-refractivity contribution >= 4 is 10.0 Å². The van der Waals surface area contributed by atoms with Crippen LogP contribution in [-0.4, -0.2) is 19.9 Å². The molecule has 0 unspecified atom stereocenters. The van der Waals surface area contributed by atoms with Crippen LogP contribution in [0.5, 0.6) is 0 Å². The van der Waals surface area contributed by atoms with Crippen molar-refractivity contribution in [3.05, 3.63) is 24.1 Å². The smallest absolute Gasteiger partial charge is 0.241 e. The molecule has 2 rings (SSSR count). The highest BCUT2D eigenvalue weighted by Crippen LogP contribution is 2.25. The molecule has 1 heterocycles. The molecule has 0 spiro atoms. The highest BCUT2D eigenvalue weighted by Gasteiger charge is 2.24. The summed E-state index contributed by atoms with van der Waals surface area (Å²) in [6.07, 6.45) is 4.48. The number of halogens is 1. The van der Waals surface area contributed by atoms with Gasteiger partial charge in [-0.2, -0.15) is 0 Å². The predicted octanol–water partition coefficient (Wildman–Crippen LogP) is 1.30. The molecule has 0 amide bonds. The third-order valence-corrected chi connectivity index (χ3v) is 4.12. The van der Waals surface area contributed by atoms with E-state index in [0.29, 0.717) is 12.5 Å². The lowest BCUT2D eigenvalue weighted by Crippen LogP contribution is -2.33. The van der Waals surface area contributed by atoms with Crippen LogP contribution in [0.1, 0.15) is 19.3 Å². The minimum Gasteiger partial charge on any atom is -0.241 e. The standard InChI is InChI=1S/C10H13FN2O2S/c11-9-5-2-6-12-10(9)16(14,15)13-7-8-3-1-4-8/h2,5-6,8,13H,1,3-4,7H2. The van der Waals surface area contributed by atoms with Crippen LogP contribution < -0.4 is 4.72 Å². The SMILES string of the molecule is O=S(=O)(NCC1CCC1)c1ncccc1F. The van der Waals surface area contributed by atoms with Gasteiger partial charge >= 0.3 is 0 Å². The van der Waals surface area contributed by atoms with Crippen molar-refractivity contribution in [1.82, 2.24) is 9.71 Å². The van der Waals surface area contributed by atoms with E-state index in [0.717, 1.165) is 25.3 Å². The van der Waals surface area contributed by atoms with E-state index in [4.69, 9.17) is 0 Å². The Morgan fingerprint density at radius 2 is 2.25 bits per heavy atom. The number of hydrogen-bond acceptors (Lipinski definition) is 3. The molecule has 6 heteroatoms. The molecule has 88 valence electrons. The first-order valence-electron chi connectivity index (χ1n) is 5.20. The Morgan fingerprint density at radius 1 is 1.50 bits per heavy atom. The number of nitrogens with zero attached hydrogens (tertiary/aromatic N) is 1. The van der Waals surface area contributed by atoms with E-state index in [9.17, 15) is 12.8 Å². The number of hydrogen-bond donors (Lipinski definition) is 1. The second-order valence-corrected chi connectivity index (χ2v) is 5.62. The summed E-state index contributed by atoms with van der Waals surface area (Å²) in [5, 5.41) is -0.519. The molecule has 16 heavy (non-hydrogen) atoms. The Kier molecular flexibility index (Phi) is 3.20. The van der Waals surface area contributed by atoms with Crippen molar-refractivity contribution in [2.45, 2.75) is 24.3 Å². The van der Waals surface area contributed by atoms with E-state index in [-0.39, 0.29) is 0 Å². The zero-order valence-electron chi connectivity index (χ0n) is 8.69. The van der Waals surface area contributed by atoms with Gasteiger partial charge in [0.15, 0.2) is 5.82 Å². The fourth-order valence-corrected chi connectivity index (χ4v) is 2.68. The zero-order chi connectivity index (χ0) is 11.6. The van der Waals surface area contributed by atoms with Gasteiger partial charge in [0.05, 0.1) is 0 Å². The molecule has 0 aromatic carbocycles. The third-order valence-electron chi connectivity index (χ3n) is 2.77. The second-order valence-electron chi connectivity index (χ2n) is 3.94. The summed E-state index contributed by atoms with van der Waals surface area (Å²) in [6.45, 7) is 0.373. The van der Waals surface area contributed by atoms with Crippen LogP contribution >= 0.6 is 0 Å². The van der Waals surface area contributed by atoms with Crippen LogP contribution in [0.2, 0.25) is 0 Å². The first-order valence-corrected chi connectivity index (χ1v) is 6.68. The molecule has 1 aromatic heterocycles. The Hall–Kier alpha value is -1.01. The maximum Gasteiger partial charge on any atom is 0.261 e. The molecule has 1 saturated carbocycles. The summed E-state index contributed by atoms with van der Waals surface area (Å²) in [4.78, 5) is 3.55. The normalized spacial score (nSPS) is 17.1. The number of sulfonamides is 1. The minimum absolute atomic E-state index is 0.373. The molecule has 1 aromatic rings. The van der Waals surface area contributed by atoms with E-state index in [2.05, 4.69) is 9.71 Å². The summed E-state index contributed by atoms with van der Waals surface area (Å²) in [5.41, 5.74) is 0. The molecular formula is C10H13FN2O2S. The zero-order valence-corrected chi connectivity index (χ0v) is 9.50. The highest BCUT2D eigenvalue weighted by atomic mass is 32.2. The monoisotopic (exact) mass is 244 g/mol. The van der Waals surface area contributed by atoms with Gasteiger partial charge in [0.25, 0.3) is 10.0 Å². The first-order chi connectivity index (χ1) is 7.59. The average Bonchev–Trinajstić information content (AvgIpc) is 2.15.